The lowest BCUT2D eigenvalue weighted by molar-refractivity contribution is 0.140. The summed E-state index contributed by atoms with van der Waals surface area (Å²) in [5.41, 5.74) is 9.10. The Hall–Kier alpha value is -0.860. The van der Waals surface area contributed by atoms with Crippen molar-refractivity contribution in [1.29, 1.82) is 0 Å². The molecule has 1 aliphatic carbocycles. The van der Waals surface area contributed by atoms with E-state index in [1.54, 1.807) is 0 Å². The monoisotopic (exact) mass is 274 g/mol. The molecule has 2 nitrogen and oxygen atoms in total. The first-order chi connectivity index (χ1) is 9.61. The predicted molar refractivity (Wildman–Crippen MR) is 86.8 cm³/mol. The van der Waals surface area contributed by atoms with Gasteiger partial charge in [0.25, 0.3) is 0 Å². The second kappa shape index (κ2) is 7.24. The van der Waals surface area contributed by atoms with E-state index in [0.29, 0.717) is 12.1 Å². The fourth-order valence-electron chi connectivity index (χ4n) is 3.68. The molecule has 0 amide bonds. The topological polar surface area (TPSA) is 29.3 Å². The van der Waals surface area contributed by atoms with E-state index in [-0.39, 0.29) is 6.04 Å². The van der Waals surface area contributed by atoms with Crippen LogP contribution >= 0.6 is 0 Å². The summed E-state index contributed by atoms with van der Waals surface area (Å²) >= 11 is 0. The summed E-state index contributed by atoms with van der Waals surface area (Å²) in [6.07, 6.45) is 8.19. The Morgan fingerprint density at radius 3 is 2.25 bits per heavy atom. The van der Waals surface area contributed by atoms with Crippen LogP contribution in [-0.4, -0.2) is 24.0 Å². The van der Waals surface area contributed by atoms with Crippen molar-refractivity contribution in [3.8, 4) is 0 Å². The van der Waals surface area contributed by atoms with Crippen molar-refractivity contribution in [2.45, 2.75) is 70.5 Å². The molecule has 1 aliphatic rings. The zero-order valence-electron chi connectivity index (χ0n) is 13.3. The Balaban J connectivity index is 2.21. The Morgan fingerprint density at radius 2 is 1.70 bits per heavy atom. The third-order valence-electron chi connectivity index (χ3n) is 4.84. The maximum atomic E-state index is 6.34. The standard InChI is InChI=1S/C18H30N2/c1-14-10-8-9-13-17(14)18(15(2)19)20(3)16-11-6-4-5-7-12-16/h8-10,13,15-16,18H,4-7,11-12,19H2,1-3H3. The maximum Gasteiger partial charge on any atom is 0.0498 e. The summed E-state index contributed by atoms with van der Waals surface area (Å²) in [5.74, 6) is 0. The molecule has 20 heavy (non-hydrogen) atoms. The zero-order chi connectivity index (χ0) is 14.5. The molecular formula is C18H30N2. The highest BCUT2D eigenvalue weighted by Gasteiger charge is 2.28. The second-order valence-corrected chi connectivity index (χ2v) is 6.47. The SMILES string of the molecule is Cc1ccccc1C(C(C)N)N(C)C1CCCCCC1. The fraction of sp³-hybridized carbons (Fsp3) is 0.667. The van der Waals surface area contributed by atoms with Gasteiger partial charge in [-0.05, 0) is 44.9 Å². The smallest absolute Gasteiger partial charge is 0.0498 e. The highest BCUT2D eigenvalue weighted by molar-refractivity contribution is 5.30. The summed E-state index contributed by atoms with van der Waals surface area (Å²) in [7, 11) is 2.27. The molecule has 1 aromatic rings. The van der Waals surface area contributed by atoms with Gasteiger partial charge >= 0.3 is 0 Å². The van der Waals surface area contributed by atoms with Crippen LogP contribution in [-0.2, 0) is 0 Å². The largest absolute Gasteiger partial charge is 0.326 e. The van der Waals surface area contributed by atoms with Gasteiger partial charge in [0.1, 0.15) is 0 Å². The number of hydrogen-bond donors (Lipinski definition) is 1. The number of likely N-dealkylation sites (N-methyl/N-ethyl adjacent to an activating group) is 1. The van der Waals surface area contributed by atoms with Crippen LogP contribution in [0.5, 0.6) is 0 Å². The average Bonchev–Trinajstić information content (AvgIpc) is 2.69. The molecule has 1 aromatic carbocycles. The number of benzene rings is 1. The van der Waals surface area contributed by atoms with Crippen molar-refractivity contribution in [3.05, 3.63) is 35.4 Å². The minimum Gasteiger partial charge on any atom is -0.326 e. The summed E-state index contributed by atoms with van der Waals surface area (Å²) in [6, 6.07) is 9.88. The van der Waals surface area contributed by atoms with E-state index >= 15 is 0 Å². The Labute approximate surface area is 124 Å². The Bertz CT molecular complexity index is 406. The predicted octanol–water partition coefficient (Wildman–Crippen LogP) is 4.04. The summed E-state index contributed by atoms with van der Waals surface area (Å²) in [5, 5.41) is 0. The van der Waals surface area contributed by atoms with E-state index in [9.17, 15) is 0 Å². The first kappa shape index (κ1) is 15.5. The van der Waals surface area contributed by atoms with Crippen molar-refractivity contribution in [3.63, 3.8) is 0 Å². The summed E-state index contributed by atoms with van der Waals surface area (Å²) < 4.78 is 0. The Morgan fingerprint density at radius 1 is 1.10 bits per heavy atom. The quantitative estimate of drug-likeness (QED) is 0.840. The van der Waals surface area contributed by atoms with Gasteiger partial charge in [-0.2, -0.15) is 0 Å². The zero-order valence-corrected chi connectivity index (χ0v) is 13.3. The van der Waals surface area contributed by atoms with Crippen LogP contribution in [0.1, 0.15) is 62.6 Å². The second-order valence-electron chi connectivity index (χ2n) is 6.47. The molecule has 0 bridgehead atoms. The molecule has 0 aliphatic heterocycles. The van der Waals surface area contributed by atoms with Crippen LogP contribution in [0.25, 0.3) is 0 Å². The molecule has 2 rings (SSSR count). The maximum absolute atomic E-state index is 6.34. The minimum absolute atomic E-state index is 0.157. The first-order valence-corrected chi connectivity index (χ1v) is 8.14. The normalized spacial score (nSPS) is 20.6. The van der Waals surface area contributed by atoms with Gasteiger partial charge in [0.15, 0.2) is 0 Å². The molecule has 0 aromatic heterocycles. The number of rotatable bonds is 4. The van der Waals surface area contributed by atoms with Gasteiger partial charge in [-0.3, -0.25) is 4.90 Å². The Kier molecular flexibility index (Phi) is 5.62. The van der Waals surface area contributed by atoms with Gasteiger partial charge in [-0.25, -0.2) is 0 Å². The lowest BCUT2D eigenvalue weighted by Crippen LogP contribution is -2.43. The fourth-order valence-corrected chi connectivity index (χ4v) is 3.68. The molecule has 0 saturated heterocycles. The van der Waals surface area contributed by atoms with Crippen molar-refractivity contribution < 1.29 is 0 Å². The highest BCUT2D eigenvalue weighted by Crippen LogP contribution is 2.31. The molecular weight excluding hydrogens is 244 g/mol. The van der Waals surface area contributed by atoms with Gasteiger partial charge in [0.2, 0.25) is 0 Å². The summed E-state index contributed by atoms with van der Waals surface area (Å²) in [6.45, 7) is 4.34. The van der Waals surface area contributed by atoms with Gasteiger partial charge < -0.3 is 5.73 Å². The summed E-state index contributed by atoms with van der Waals surface area (Å²) in [4.78, 5) is 2.55. The molecule has 1 saturated carbocycles. The molecule has 2 N–H and O–H groups in total. The van der Waals surface area contributed by atoms with Crippen molar-refractivity contribution in [2.24, 2.45) is 5.73 Å². The third kappa shape index (κ3) is 3.62. The van der Waals surface area contributed by atoms with Crippen LogP contribution < -0.4 is 5.73 Å². The van der Waals surface area contributed by atoms with Gasteiger partial charge in [-0.1, -0.05) is 49.9 Å². The number of nitrogens with two attached hydrogens (primary N) is 1. The first-order valence-electron chi connectivity index (χ1n) is 8.14. The lowest BCUT2D eigenvalue weighted by Gasteiger charge is -2.38. The molecule has 1 fully saturated rings. The van der Waals surface area contributed by atoms with E-state index in [1.807, 2.05) is 0 Å². The molecule has 2 unspecified atom stereocenters. The number of nitrogens with zero attached hydrogens (tertiary/aromatic N) is 1. The lowest BCUT2D eigenvalue weighted by atomic mass is 9.93. The molecule has 0 spiro atoms. The van der Waals surface area contributed by atoms with Gasteiger partial charge in [-0.15, -0.1) is 0 Å². The van der Waals surface area contributed by atoms with Crippen LogP contribution in [0, 0.1) is 6.92 Å². The van der Waals surface area contributed by atoms with Crippen LogP contribution in [0.3, 0.4) is 0 Å². The number of aryl methyl sites for hydroxylation is 1. The van der Waals surface area contributed by atoms with Gasteiger partial charge in [0.05, 0.1) is 0 Å². The molecule has 0 heterocycles. The van der Waals surface area contributed by atoms with E-state index in [4.69, 9.17) is 5.73 Å². The van der Waals surface area contributed by atoms with Crippen LogP contribution in [0.15, 0.2) is 24.3 Å². The number of hydrogen-bond acceptors (Lipinski definition) is 2. The van der Waals surface area contributed by atoms with Crippen LogP contribution in [0.4, 0.5) is 0 Å². The molecule has 112 valence electrons. The highest BCUT2D eigenvalue weighted by atomic mass is 15.2. The van der Waals surface area contributed by atoms with Gasteiger partial charge in [0, 0.05) is 18.1 Å². The van der Waals surface area contributed by atoms with E-state index in [0.717, 1.165) is 0 Å². The third-order valence-corrected chi connectivity index (χ3v) is 4.84. The molecule has 2 heteroatoms. The van der Waals surface area contributed by atoms with E-state index < -0.39 is 0 Å². The van der Waals surface area contributed by atoms with Crippen molar-refractivity contribution in [1.82, 2.24) is 4.90 Å². The van der Waals surface area contributed by atoms with E-state index in [1.165, 1.54) is 49.7 Å². The van der Waals surface area contributed by atoms with Crippen molar-refractivity contribution >= 4 is 0 Å². The van der Waals surface area contributed by atoms with Crippen LogP contribution in [0.2, 0.25) is 0 Å². The molecule has 2 atom stereocenters. The molecule has 0 radical (unpaired) electrons. The van der Waals surface area contributed by atoms with Crippen molar-refractivity contribution in [2.75, 3.05) is 7.05 Å². The van der Waals surface area contributed by atoms with E-state index in [2.05, 4.69) is 50.1 Å². The minimum atomic E-state index is 0.157. The average molecular weight is 274 g/mol.